The summed E-state index contributed by atoms with van der Waals surface area (Å²) in [5.74, 6) is 0.993. The van der Waals surface area contributed by atoms with Crippen molar-refractivity contribution < 1.29 is 0 Å². The van der Waals surface area contributed by atoms with Crippen molar-refractivity contribution in [2.45, 2.75) is 53.4 Å². The summed E-state index contributed by atoms with van der Waals surface area (Å²) >= 11 is 0. The molecule has 1 N–H and O–H groups in total. The Labute approximate surface area is 108 Å². The molecule has 1 unspecified atom stereocenters. The molecule has 2 nitrogen and oxygen atoms in total. The Hall–Kier alpha value is -0.0800. The van der Waals surface area contributed by atoms with E-state index in [2.05, 4.69) is 37.9 Å². The molecule has 1 fully saturated rings. The van der Waals surface area contributed by atoms with Crippen LogP contribution in [0.15, 0.2) is 0 Å². The monoisotopic (exact) mass is 240 g/mol. The molecule has 0 aromatic rings. The van der Waals surface area contributed by atoms with E-state index in [0.29, 0.717) is 5.41 Å². The number of hydrogen-bond donors (Lipinski definition) is 1. The molecule has 0 saturated carbocycles. The second-order valence-electron chi connectivity index (χ2n) is 6.07. The maximum absolute atomic E-state index is 3.52. The van der Waals surface area contributed by atoms with Gasteiger partial charge in [-0.3, -0.25) is 0 Å². The average molecular weight is 240 g/mol. The fraction of sp³-hybridized carbons (Fsp3) is 1.00. The van der Waals surface area contributed by atoms with Gasteiger partial charge < -0.3 is 10.2 Å². The zero-order valence-electron chi connectivity index (χ0n) is 12.4. The molecule has 0 radical (unpaired) electrons. The van der Waals surface area contributed by atoms with Crippen molar-refractivity contribution in [3.8, 4) is 0 Å². The van der Waals surface area contributed by atoms with Crippen LogP contribution in [-0.2, 0) is 0 Å². The van der Waals surface area contributed by atoms with Crippen molar-refractivity contribution in [1.29, 1.82) is 0 Å². The van der Waals surface area contributed by atoms with Gasteiger partial charge in [-0.2, -0.15) is 0 Å². The van der Waals surface area contributed by atoms with Gasteiger partial charge in [-0.25, -0.2) is 0 Å². The summed E-state index contributed by atoms with van der Waals surface area (Å²) in [6.45, 7) is 15.5. The number of nitrogens with one attached hydrogen (secondary N) is 1. The molecule has 1 aliphatic rings. The van der Waals surface area contributed by atoms with Gasteiger partial charge in [0.05, 0.1) is 0 Å². The molecule has 1 atom stereocenters. The quantitative estimate of drug-likeness (QED) is 0.735. The summed E-state index contributed by atoms with van der Waals surface area (Å²) < 4.78 is 0. The van der Waals surface area contributed by atoms with Crippen LogP contribution in [0.5, 0.6) is 0 Å². The molecule has 0 aliphatic carbocycles. The van der Waals surface area contributed by atoms with Gasteiger partial charge in [0, 0.05) is 13.1 Å². The molecule has 0 bridgehead atoms. The third-order valence-electron chi connectivity index (χ3n) is 4.55. The van der Waals surface area contributed by atoms with E-state index in [4.69, 9.17) is 0 Å². The summed E-state index contributed by atoms with van der Waals surface area (Å²) in [5.41, 5.74) is 0.453. The van der Waals surface area contributed by atoms with Gasteiger partial charge in [-0.15, -0.1) is 0 Å². The normalized spacial score (nSPS) is 22.6. The summed E-state index contributed by atoms with van der Waals surface area (Å²) in [6.07, 6.45) is 5.47. The Balaban J connectivity index is 2.35. The molecule has 0 spiro atoms. The van der Waals surface area contributed by atoms with Crippen LogP contribution in [0.25, 0.3) is 0 Å². The fourth-order valence-electron chi connectivity index (χ4n) is 2.81. The van der Waals surface area contributed by atoms with Gasteiger partial charge in [-0.1, -0.05) is 34.1 Å². The zero-order chi connectivity index (χ0) is 12.7. The van der Waals surface area contributed by atoms with E-state index >= 15 is 0 Å². The van der Waals surface area contributed by atoms with Crippen LogP contribution in [0, 0.1) is 11.3 Å². The minimum absolute atomic E-state index is 0.453. The highest BCUT2D eigenvalue weighted by Gasteiger charge is 2.27. The average Bonchev–Trinajstić information content (AvgIpc) is 2.37. The lowest BCUT2D eigenvalue weighted by molar-refractivity contribution is 0.114. The van der Waals surface area contributed by atoms with E-state index < -0.39 is 0 Å². The lowest BCUT2D eigenvalue weighted by Crippen LogP contribution is -2.44. The third kappa shape index (κ3) is 4.97. The van der Waals surface area contributed by atoms with E-state index in [1.807, 2.05) is 0 Å². The predicted octanol–water partition coefficient (Wildman–Crippen LogP) is 3.13. The summed E-state index contributed by atoms with van der Waals surface area (Å²) in [7, 11) is 0. The van der Waals surface area contributed by atoms with Crippen LogP contribution >= 0.6 is 0 Å². The summed E-state index contributed by atoms with van der Waals surface area (Å²) in [6, 6.07) is 0. The Bertz CT molecular complexity index is 197. The topological polar surface area (TPSA) is 15.3 Å². The van der Waals surface area contributed by atoms with Crippen LogP contribution in [0.3, 0.4) is 0 Å². The maximum Gasteiger partial charge on any atom is 0.00474 e. The second kappa shape index (κ2) is 7.38. The van der Waals surface area contributed by atoms with Gasteiger partial charge in [0.25, 0.3) is 0 Å². The van der Waals surface area contributed by atoms with E-state index in [1.54, 1.807) is 0 Å². The van der Waals surface area contributed by atoms with Crippen molar-refractivity contribution >= 4 is 0 Å². The second-order valence-corrected chi connectivity index (χ2v) is 6.07. The van der Waals surface area contributed by atoms with Crippen molar-refractivity contribution in [3.05, 3.63) is 0 Å². The van der Waals surface area contributed by atoms with Crippen LogP contribution in [0.2, 0.25) is 0 Å². The Kier molecular flexibility index (Phi) is 6.50. The fourth-order valence-corrected chi connectivity index (χ4v) is 2.81. The third-order valence-corrected chi connectivity index (χ3v) is 4.55. The number of piperidine rings is 1. The van der Waals surface area contributed by atoms with Crippen LogP contribution in [-0.4, -0.2) is 37.6 Å². The van der Waals surface area contributed by atoms with E-state index in [1.165, 1.54) is 45.3 Å². The van der Waals surface area contributed by atoms with Crippen LogP contribution in [0.1, 0.15) is 53.4 Å². The summed E-state index contributed by atoms with van der Waals surface area (Å²) in [4.78, 5) is 2.69. The van der Waals surface area contributed by atoms with Gasteiger partial charge in [0.2, 0.25) is 0 Å². The molecule has 102 valence electrons. The summed E-state index contributed by atoms with van der Waals surface area (Å²) in [5, 5.41) is 3.52. The van der Waals surface area contributed by atoms with Crippen molar-refractivity contribution in [2.75, 3.05) is 32.7 Å². The molecule has 17 heavy (non-hydrogen) atoms. The number of hydrogen-bond acceptors (Lipinski definition) is 2. The first-order valence-electron chi connectivity index (χ1n) is 7.56. The first-order valence-corrected chi connectivity index (χ1v) is 7.56. The Morgan fingerprint density at radius 3 is 2.29 bits per heavy atom. The molecule has 1 heterocycles. The van der Waals surface area contributed by atoms with Gasteiger partial charge in [-0.05, 0) is 50.2 Å². The number of likely N-dealkylation sites (tertiary alicyclic amines) is 1. The van der Waals surface area contributed by atoms with Crippen molar-refractivity contribution in [1.82, 2.24) is 10.2 Å². The molecule has 1 saturated heterocycles. The highest BCUT2D eigenvalue weighted by Crippen LogP contribution is 2.26. The first kappa shape index (κ1) is 15.0. The standard InChI is InChI=1S/C15H32N2/c1-5-14-8-10-17(11-9-14)13-15(4,6-2)12-16-7-3/h14,16H,5-13H2,1-4H3. The lowest BCUT2D eigenvalue weighted by Gasteiger charge is -2.38. The molecule has 1 aliphatic heterocycles. The molecule has 0 aromatic heterocycles. The van der Waals surface area contributed by atoms with Crippen LogP contribution in [0.4, 0.5) is 0 Å². The molecule has 1 rings (SSSR count). The number of rotatable bonds is 7. The zero-order valence-corrected chi connectivity index (χ0v) is 12.4. The smallest absolute Gasteiger partial charge is 0.00474 e. The molecule has 0 amide bonds. The molecular formula is C15H32N2. The van der Waals surface area contributed by atoms with E-state index in [0.717, 1.165) is 19.0 Å². The lowest BCUT2D eigenvalue weighted by atomic mass is 9.85. The molecule has 0 aromatic carbocycles. The SMILES string of the molecule is CCNCC(C)(CC)CN1CCC(CC)CC1. The minimum Gasteiger partial charge on any atom is -0.316 e. The van der Waals surface area contributed by atoms with Crippen LogP contribution < -0.4 is 5.32 Å². The largest absolute Gasteiger partial charge is 0.316 e. The first-order chi connectivity index (χ1) is 8.13. The highest BCUT2D eigenvalue weighted by molar-refractivity contribution is 4.82. The Morgan fingerprint density at radius 1 is 1.18 bits per heavy atom. The highest BCUT2D eigenvalue weighted by atomic mass is 15.1. The van der Waals surface area contributed by atoms with Crippen molar-refractivity contribution in [2.24, 2.45) is 11.3 Å². The van der Waals surface area contributed by atoms with Crippen molar-refractivity contribution in [3.63, 3.8) is 0 Å². The van der Waals surface area contributed by atoms with E-state index in [9.17, 15) is 0 Å². The molecular weight excluding hydrogens is 208 g/mol. The predicted molar refractivity (Wildman–Crippen MR) is 76.4 cm³/mol. The van der Waals surface area contributed by atoms with Gasteiger partial charge in [0.1, 0.15) is 0 Å². The van der Waals surface area contributed by atoms with E-state index in [-0.39, 0.29) is 0 Å². The Morgan fingerprint density at radius 2 is 1.82 bits per heavy atom. The number of nitrogens with zero attached hydrogens (tertiary/aromatic N) is 1. The maximum atomic E-state index is 3.52. The minimum atomic E-state index is 0.453. The molecule has 2 heteroatoms. The van der Waals surface area contributed by atoms with Gasteiger partial charge in [0.15, 0.2) is 0 Å². The van der Waals surface area contributed by atoms with Gasteiger partial charge >= 0.3 is 0 Å².